The molecule has 0 spiro atoms. The molecule has 23 heavy (non-hydrogen) atoms. The Morgan fingerprint density at radius 3 is 2.26 bits per heavy atom. The third-order valence-corrected chi connectivity index (χ3v) is 4.69. The quantitative estimate of drug-likeness (QED) is 0.815. The second-order valence-corrected chi connectivity index (χ2v) is 6.07. The average molecular weight is 384 g/mol. The number of aromatic carboxylic acids is 1. The molecule has 122 valence electrons. The van der Waals surface area contributed by atoms with Crippen LogP contribution in [0.15, 0.2) is 38.9 Å². The number of aromatic nitrogens is 1. The number of carbonyl (C=O) groups is 1. The first-order valence-electron chi connectivity index (χ1n) is 5.81. The molecule has 2 rings (SSSR count). The molecule has 0 aliphatic heterocycles. The summed E-state index contributed by atoms with van der Waals surface area (Å²) in [4.78, 5) is 24.1. The highest BCUT2D eigenvalue weighted by Crippen LogP contribution is 2.40. The van der Waals surface area contributed by atoms with E-state index in [0.717, 1.165) is 0 Å². The Bertz CT molecular complexity index is 816. The Balaban J connectivity index is 2.67. The van der Waals surface area contributed by atoms with Crippen LogP contribution in [-0.2, 0) is 6.18 Å². The van der Waals surface area contributed by atoms with Crippen molar-refractivity contribution in [2.75, 3.05) is 0 Å². The second kappa shape index (κ2) is 6.46. The lowest BCUT2D eigenvalue weighted by molar-refractivity contribution is -0.141. The van der Waals surface area contributed by atoms with Crippen LogP contribution in [0.3, 0.4) is 0 Å². The van der Waals surface area contributed by atoms with Gasteiger partial charge in [-0.2, -0.15) is 13.2 Å². The molecule has 0 bridgehead atoms. The summed E-state index contributed by atoms with van der Waals surface area (Å²) >= 11 is 12.4. The van der Waals surface area contributed by atoms with Crippen LogP contribution in [0, 0.1) is 0 Å². The van der Waals surface area contributed by atoms with Gasteiger partial charge in [0, 0.05) is 9.79 Å². The summed E-state index contributed by atoms with van der Waals surface area (Å²) in [6.45, 7) is 0. The van der Waals surface area contributed by atoms with E-state index in [1.54, 1.807) is 0 Å². The summed E-state index contributed by atoms with van der Waals surface area (Å²) in [6, 6.07) is 4.93. The number of benzene rings is 1. The van der Waals surface area contributed by atoms with E-state index >= 15 is 0 Å². The third kappa shape index (κ3) is 3.82. The number of alkyl halides is 3. The minimum atomic E-state index is -4.84. The number of nitrogens with one attached hydrogen (secondary N) is 1. The maximum atomic E-state index is 12.8. The molecule has 0 atom stereocenters. The number of aromatic amines is 1. The molecule has 0 fully saturated rings. The van der Waals surface area contributed by atoms with Crippen molar-refractivity contribution in [1.29, 1.82) is 0 Å². The molecule has 0 saturated carbocycles. The Morgan fingerprint density at radius 2 is 1.78 bits per heavy atom. The fraction of sp³-hybridized carbons (Fsp3) is 0.0769. The van der Waals surface area contributed by atoms with Gasteiger partial charge in [0.15, 0.2) is 0 Å². The number of rotatable bonds is 3. The predicted octanol–water partition coefficient (Wildman–Crippen LogP) is 4.55. The lowest BCUT2D eigenvalue weighted by Crippen LogP contribution is -2.23. The van der Waals surface area contributed by atoms with Crippen molar-refractivity contribution in [1.82, 2.24) is 4.98 Å². The van der Waals surface area contributed by atoms with E-state index in [2.05, 4.69) is 0 Å². The van der Waals surface area contributed by atoms with Gasteiger partial charge in [0.25, 0.3) is 5.56 Å². The van der Waals surface area contributed by atoms with Gasteiger partial charge in [-0.15, -0.1) is 0 Å². The number of halogens is 5. The van der Waals surface area contributed by atoms with E-state index in [1.807, 2.05) is 0 Å². The molecule has 1 heterocycles. The molecule has 2 N–H and O–H groups in total. The molecule has 0 unspecified atom stereocenters. The highest BCUT2D eigenvalue weighted by molar-refractivity contribution is 7.99. The lowest BCUT2D eigenvalue weighted by Gasteiger charge is -2.12. The van der Waals surface area contributed by atoms with Gasteiger partial charge in [0.2, 0.25) is 0 Å². The number of hydrogen-bond acceptors (Lipinski definition) is 3. The Hall–Kier alpha value is -1.64. The van der Waals surface area contributed by atoms with E-state index in [4.69, 9.17) is 28.3 Å². The normalized spacial score (nSPS) is 11.5. The summed E-state index contributed by atoms with van der Waals surface area (Å²) < 4.78 is 38.4. The number of carboxylic acid groups (broad SMARTS) is 1. The van der Waals surface area contributed by atoms with Crippen LogP contribution in [0.25, 0.3) is 0 Å². The zero-order chi connectivity index (χ0) is 17.4. The summed E-state index contributed by atoms with van der Waals surface area (Å²) in [5.41, 5.74) is -3.55. The summed E-state index contributed by atoms with van der Waals surface area (Å²) in [7, 11) is 0. The van der Waals surface area contributed by atoms with Crippen LogP contribution in [-0.4, -0.2) is 16.1 Å². The van der Waals surface area contributed by atoms with Gasteiger partial charge < -0.3 is 10.1 Å². The first kappa shape index (κ1) is 17.7. The number of carboxylic acids is 1. The maximum absolute atomic E-state index is 12.8. The van der Waals surface area contributed by atoms with Crippen LogP contribution in [0.5, 0.6) is 0 Å². The van der Waals surface area contributed by atoms with Crippen molar-refractivity contribution in [2.45, 2.75) is 16.0 Å². The fourth-order valence-corrected chi connectivity index (χ4v) is 3.30. The van der Waals surface area contributed by atoms with E-state index in [1.165, 1.54) is 23.2 Å². The smallest absolute Gasteiger partial charge is 0.431 e. The number of hydrogen-bond donors (Lipinski definition) is 2. The van der Waals surface area contributed by atoms with Crippen LogP contribution in [0.1, 0.15) is 16.1 Å². The predicted molar refractivity (Wildman–Crippen MR) is 79.6 cm³/mol. The minimum absolute atomic E-state index is 0.118. The van der Waals surface area contributed by atoms with Gasteiger partial charge in [-0.25, -0.2) is 4.79 Å². The maximum Gasteiger partial charge on any atom is 0.431 e. The standard InChI is InChI=1S/C13H6Cl2F3NO3S/c14-5-2-1-3-6(15)10(5)23-7-4-8(13(16,17)18)19-11(20)9(7)12(21)22/h1-4H,(H,19,20)(H,21,22). The highest BCUT2D eigenvalue weighted by Gasteiger charge is 2.34. The molecule has 0 saturated heterocycles. The first-order valence-corrected chi connectivity index (χ1v) is 7.38. The third-order valence-electron chi connectivity index (χ3n) is 2.65. The Kier molecular flexibility index (Phi) is 4.98. The highest BCUT2D eigenvalue weighted by atomic mass is 35.5. The van der Waals surface area contributed by atoms with Crippen molar-refractivity contribution in [3.63, 3.8) is 0 Å². The minimum Gasteiger partial charge on any atom is -0.477 e. The summed E-state index contributed by atoms with van der Waals surface area (Å²) in [5.74, 6) is -1.66. The second-order valence-electron chi connectivity index (χ2n) is 4.21. The number of pyridine rings is 1. The van der Waals surface area contributed by atoms with Gasteiger partial charge in [-0.1, -0.05) is 41.0 Å². The number of H-pyrrole nitrogens is 1. The molecular formula is C13H6Cl2F3NO3S. The monoisotopic (exact) mass is 383 g/mol. The molecule has 10 heteroatoms. The molecule has 1 aromatic carbocycles. The molecule has 0 amide bonds. The first-order chi connectivity index (χ1) is 10.6. The molecule has 2 aromatic rings. The Morgan fingerprint density at radius 1 is 1.22 bits per heavy atom. The summed E-state index contributed by atoms with van der Waals surface area (Å²) in [5, 5.41) is 9.31. The van der Waals surface area contributed by atoms with Gasteiger partial charge in [0.1, 0.15) is 11.3 Å². The van der Waals surface area contributed by atoms with Crippen molar-refractivity contribution >= 4 is 40.9 Å². The van der Waals surface area contributed by atoms with Crippen molar-refractivity contribution in [3.8, 4) is 0 Å². The van der Waals surface area contributed by atoms with Gasteiger partial charge in [0.05, 0.1) is 10.0 Å². The van der Waals surface area contributed by atoms with Crippen LogP contribution in [0.2, 0.25) is 10.0 Å². The zero-order valence-electron chi connectivity index (χ0n) is 10.9. The van der Waals surface area contributed by atoms with Crippen LogP contribution in [0.4, 0.5) is 13.2 Å². The van der Waals surface area contributed by atoms with E-state index in [-0.39, 0.29) is 14.9 Å². The SMILES string of the molecule is O=C(O)c1c(Sc2c(Cl)cccc2Cl)cc(C(F)(F)F)[nH]c1=O. The van der Waals surface area contributed by atoms with E-state index < -0.39 is 33.9 Å². The van der Waals surface area contributed by atoms with Crippen molar-refractivity contribution in [3.05, 3.63) is 55.9 Å². The van der Waals surface area contributed by atoms with Gasteiger partial charge >= 0.3 is 12.1 Å². The Labute approximate surface area is 141 Å². The van der Waals surface area contributed by atoms with Crippen LogP contribution >= 0.6 is 35.0 Å². The average Bonchev–Trinajstić information content (AvgIpc) is 2.41. The molecule has 0 radical (unpaired) electrons. The van der Waals surface area contributed by atoms with E-state index in [0.29, 0.717) is 17.8 Å². The van der Waals surface area contributed by atoms with Crippen molar-refractivity contribution < 1.29 is 23.1 Å². The molecular weight excluding hydrogens is 378 g/mol. The van der Waals surface area contributed by atoms with Crippen LogP contribution < -0.4 is 5.56 Å². The fourth-order valence-electron chi connectivity index (χ4n) is 1.66. The molecule has 0 aliphatic rings. The molecule has 1 aromatic heterocycles. The topological polar surface area (TPSA) is 70.2 Å². The van der Waals surface area contributed by atoms with Gasteiger partial charge in [-0.05, 0) is 18.2 Å². The lowest BCUT2D eigenvalue weighted by atomic mass is 10.2. The largest absolute Gasteiger partial charge is 0.477 e. The summed E-state index contributed by atoms with van der Waals surface area (Å²) in [6.07, 6.45) is -4.84. The van der Waals surface area contributed by atoms with Gasteiger partial charge in [-0.3, -0.25) is 4.79 Å². The molecule has 4 nitrogen and oxygen atoms in total. The zero-order valence-corrected chi connectivity index (χ0v) is 13.2. The van der Waals surface area contributed by atoms with Crippen molar-refractivity contribution in [2.24, 2.45) is 0 Å². The molecule has 0 aliphatic carbocycles. The van der Waals surface area contributed by atoms with E-state index in [9.17, 15) is 22.8 Å².